The zero-order valence-electron chi connectivity index (χ0n) is 10.5. The van der Waals surface area contributed by atoms with Gasteiger partial charge in [0, 0.05) is 10.8 Å². The maximum atomic E-state index is 6.48. The Kier molecular flexibility index (Phi) is 3.10. The standard InChI is InChI=1S/C13H22N2S/c1-12(2,3)10-9-16-11(15-10)13(14)7-5-4-6-8-13/h9H,4-8,14H2,1-3H3. The number of nitrogens with zero attached hydrogens (tertiary/aromatic N) is 1. The SMILES string of the molecule is CC(C)(C)c1csc(C2(N)CCCCC2)n1. The van der Waals surface area contributed by atoms with E-state index in [1.165, 1.54) is 25.0 Å². The second kappa shape index (κ2) is 4.11. The van der Waals surface area contributed by atoms with Crippen molar-refractivity contribution in [2.75, 3.05) is 0 Å². The van der Waals surface area contributed by atoms with Crippen LogP contribution in [0.3, 0.4) is 0 Å². The summed E-state index contributed by atoms with van der Waals surface area (Å²) in [5, 5.41) is 3.33. The third-order valence-electron chi connectivity index (χ3n) is 3.44. The highest BCUT2D eigenvalue weighted by Crippen LogP contribution is 2.37. The van der Waals surface area contributed by atoms with Crippen LogP contribution in [-0.2, 0) is 11.0 Å². The molecule has 0 spiro atoms. The molecule has 0 aromatic carbocycles. The van der Waals surface area contributed by atoms with Gasteiger partial charge in [-0.1, -0.05) is 40.0 Å². The van der Waals surface area contributed by atoms with Gasteiger partial charge in [-0.25, -0.2) is 4.98 Å². The van der Waals surface area contributed by atoms with Gasteiger partial charge in [-0.2, -0.15) is 0 Å². The molecule has 0 unspecified atom stereocenters. The van der Waals surface area contributed by atoms with E-state index >= 15 is 0 Å². The van der Waals surface area contributed by atoms with Crippen molar-refractivity contribution in [3.8, 4) is 0 Å². The molecule has 0 saturated heterocycles. The van der Waals surface area contributed by atoms with Crippen LogP contribution in [-0.4, -0.2) is 4.98 Å². The highest BCUT2D eigenvalue weighted by Gasteiger charge is 2.33. The quantitative estimate of drug-likeness (QED) is 0.812. The van der Waals surface area contributed by atoms with Crippen molar-refractivity contribution in [2.24, 2.45) is 5.73 Å². The van der Waals surface area contributed by atoms with Crippen LogP contribution in [0.4, 0.5) is 0 Å². The Balaban J connectivity index is 2.24. The summed E-state index contributed by atoms with van der Waals surface area (Å²) in [4.78, 5) is 4.77. The van der Waals surface area contributed by atoms with Crippen LogP contribution in [0, 0.1) is 0 Å². The Morgan fingerprint density at radius 2 is 1.88 bits per heavy atom. The molecule has 16 heavy (non-hydrogen) atoms. The fraction of sp³-hybridized carbons (Fsp3) is 0.769. The first-order valence-corrected chi connectivity index (χ1v) is 7.05. The normalized spacial score (nSPS) is 21.0. The first-order valence-electron chi connectivity index (χ1n) is 6.17. The minimum Gasteiger partial charge on any atom is -0.319 e. The van der Waals surface area contributed by atoms with E-state index < -0.39 is 0 Å². The van der Waals surface area contributed by atoms with Gasteiger partial charge >= 0.3 is 0 Å². The molecule has 0 bridgehead atoms. The molecule has 0 amide bonds. The van der Waals surface area contributed by atoms with E-state index in [0.717, 1.165) is 17.8 Å². The Bertz CT molecular complexity index is 356. The van der Waals surface area contributed by atoms with Crippen molar-refractivity contribution in [2.45, 2.75) is 63.8 Å². The first kappa shape index (κ1) is 12.1. The zero-order chi connectivity index (χ0) is 11.8. The Morgan fingerprint density at radius 3 is 2.38 bits per heavy atom. The summed E-state index contributed by atoms with van der Waals surface area (Å²) in [6.45, 7) is 6.61. The smallest absolute Gasteiger partial charge is 0.113 e. The van der Waals surface area contributed by atoms with Gasteiger partial charge in [-0.05, 0) is 12.8 Å². The predicted molar refractivity (Wildman–Crippen MR) is 69.8 cm³/mol. The van der Waals surface area contributed by atoms with Crippen LogP contribution < -0.4 is 5.73 Å². The van der Waals surface area contributed by atoms with Gasteiger partial charge in [0.05, 0.1) is 11.2 Å². The lowest BCUT2D eigenvalue weighted by Crippen LogP contribution is -2.38. The Labute approximate surface area is 102 Å². The molecule has 3 heteroatoms. The van der Waals surface area contributed by atoms with Crippen molar-refractivity contribution in [3.05, 3.63) is 16.1 Å². The van der Waals surface area contributed by atoms with Crippen molar-refractivity contribution in [3.63, 3.8) is 0 Å². The minimum atomic E-state index is -0.133. The molecule has 1 aromatic rings. The summed E-state index contributed by atoms with van der Waals surface area (Å²) in [5.41, 5.74) is 7.67. The largest absolute Gasteiger partial charge is 0.319 e. The third-order valence-corrected chi connectivity index (χ3v) is 4.51. The Morgan fingerprint density at radius 1 is 1.25 bits per heavy atom. The lowest BCUT2D eigenvalue weighted by Gasteiger charge is -2.31. The molecule has 0 atom stereocenters. The van der Waals surface area contributed by atoms with Crippen LogP contribution in [0.1, 0.15) is 63.6 Å². The van der Waals surface area contributed by atoms with Crippen molar-refractivity contribution in [1.29, 1.82) is 0 Å². The molecule has 2 rings (SSSR count). The van der Waals surface area contributed by atoms with Gasteiger partial charge < -0.3 is 5.73 Å². The molecule has 2 N–H and O–H groups in total. The molecule has 2 nitrogen and oxygen atoms in total. The summed E-state index contributed by atoms with van der Waals surface area (Å²) in [6.07, 6.45) is 6.03. The lowest BCUT2D eigenvalue weighted by atomic mass is 9.83. The number of hydrogen-bond acceptors (Lipinski definition) is 3. The van der Waals surface area contributed by atoms with E-state index in [0.29, 0.717) is 0 Å². The fourth-order valence-electron chi connectivity index (χ4n) is 2.24. The lowest BCUT2D eigenvalue weighted by molar-refractivity contribution is 0.300. The zero-order valence-corrected chi connectivity index (χ0v) is 11.4. The minimum absolute atomic E-state index is 0.133. The number of rotatable bonds is 1. The van der Waals surface area contributed by atoms with Gasteiger partial charge in [-0.15, -0.1) is 11.3 Å². The number of thiazole rings is 1. The van der Waals surface area contributed by atoms with Crippen molar-refractivity contribution < 1.29 is 0 Å². The average Bonchev–Trinajstić information content (AvgIpc) is 2.67. The maximum Gasteiger partial charge on any atom is 0.113 e. The summed E-state index contributed by atoms with van der Waals surface area (Å²) >= 11 is 1.75. The number of aromatic nitrogens is 1. The molecular weight excluding hydrogens is 216 g/mol. The second-order valence-corrected chi connectivity index (χ2v) is 6.86. The van der Waals surface area contributed by atoms with Gasteiger partial charge in [0.2, 0.25) is 0 Å². The van der Waals surface area contributed by atoms with Crippen molar-refractivity contribution >= 4 is 11.3 Å². The molecule has 1 aliphatic carbocycles. The summed E-state index contributed by atoms with van der Waals surface area (Å²) in [7, 11) is 0. The van der Waals surface area contributed by atoms with Crippen LogP contribution in [0.2, 0.25) is 0 Å². The monoisotopic (exact) mass is 238 g/mol. The van der Waals surface area contributed by atoms with E-state index in [2.05, 4.69) is 26.2 Å². The fourth-order valence-corrected chi connectivity index (χ4v) is 3.46. The molecule has 1 aliphatic rings. The summed E-state index contributed by atoms with van der Waals surface area (Å²) in [6, 6.07) is 0. The van der Waals surface area contributed by atoms with E-state index in [4.69, 9.17) is 10.7 Å². The summed E-state index contributed by atoms with van der Waals surface area (Å²) in [5.74, 6) is 0. The molecule has 0 radical (unpaired) electrons. The maximum absolute atomic E-state index is 6.48. The van der Waals surface area contributed by atoms with Crippen LogP contribution in [0.15, 0.2) is 5.38 Å². The molecule has 1 fully saturated rings. The molecule has 1 heterocycles. The number of hydrogen-bond donors (Lipinski definition) is 1. The molecular formula is C13H22N2S. The molecule has 0 aliphatic heterocycles. The van der Waals surface area contributed by atoms with Crippen molar-refractivity contribution in [1.82, 2.24) is 4.98 Å². The molecule has 1 saturated carbocycles. The van der Waals surface area contributed by atoms with E-state index in [-0.39, 0.29) is 11.0 Å². The number of nitrogens with two attached hydrogens (primary N) is 1. The van der Waals surface area contributed by atoms with Crippen LogP contribution in [0.25, 0.3) is 0 Å². The van der Waals surface area contributed by atoms with Gasteiger partial charge in [0.15, 0.2) is 0 Å². The summed E-state index contributed by atoms with van der Waals surface area (Å²) < 4.78 is 0. The van der Waals surface area contributed by atoms with E-state index in [1.54, 1.807) is 11.3 Å². The third kappa shape index (κ3) is 2.30. The highest BCUT2D eigenvalue weighted by molar-refractivity contribution is 7.09. The topological polar surface area (TPSA) is 38.9 Å². The predicted octanol–water partition coefficient (Wildman–Crippen LogP) is 3.56. The van der Waals surface area contributed by atoms with Crippen LogP contribution in [0.5, 0.6) is 0 Å². The first-order chi connectivity index (χ1) is 7.42. The van der Waals surface area contributed by atoms with E-state index in [1.807, 2.05) is 0 Å². The van der Waals surface area contributed by atoms with Gasteiger partial charge in [-0.3, -0.25) is 0 Å². The molecule has 90 valence electrons. The van der Waals surface area contributed by atoms with Gasteiger partial charge in [0.1, 0.15) is 5.01 Å². The van der Waals surface area contributed by atoms with E-state index in [9.17, 15) is 0 Å². The Hall–Kier alpha value is -0.410. The average molecular weight is 238 g/mol. The second-order valence-electron chi connectivity index (χ2n) is 6.00. The van der Waals surface area contributed by atoms with Crippen LogP contribution >= 0.6 is 11.3 Å². The molecule has 1 aromatic heterocycles. The van der Waals surface area contributed by atoms with Gasteiger partial charge in [0.25, 0.3) is 0 Å². The highest BCUT2D eigenvalue weighted by atomic mass is 32.1.